The van der Waals surface area contributed by atoms with Crippen LogP contribution in [-0.2, 0) is 15.8 Å². The van der Waals surface area contributed by atoms with E-state index in [1.54, 1.807) is 6.20 Å². The summed E-state index contributed by atoms with van der Waals surface area (Å²) in [6.07, 6.45) is 7.27. The summed E-state index contributed by atoms with van der Waals surface area (Å²) in [6.45, 7) is 2.01. The molecule has 1 aromatic heterocycles. The average molecular weight is 466 g/mol. The predicted molar refractivity (Wildman–Crippen MR) is 134 cm³/mol. The summed E-state index contributed by atoms with van der Waals surface area (Å²) in [4.78, 5) is 0. The standard InChI is InChI=1S/C25H31N5O2S/c1-3-23(26)22-13-10-19(16-24(22)29-20-6-4-5-7-20)25-14-15-28-30(25)21-11-8-18(9-12-21)17-33(31,32)27-2/h8-16,20,26-27,29H,3-7,17H2,1-2H3. The summed E-state index contributed by atoms with van der Waals surface area (Å²) in [5.74, 6) is -0.0587. The number of hydrogen-bond acceptors (Lipinski definition) is 5. The maximum absolute atomic E-state index is 11.8. The van der Waals surface area contributed by atoms with E-state index >= 15 is 0 Å². The number of aromatic nitrogens is 2. The first-order valence-corrected chi connectivity index (χ1v) is 13.1. The summed E-state index contributed by atoms with van der Waals surface area (Å²) in [5, 5.41) is 16.6. The second-order valence-electron chi connectivity index (χ2n) is 8.48. The highest BCUT2D eigenvalue weighted by atomic mass is 32.2. The maximum atomic E-state index is 11.8. The average Bonchev–Trinajstić information content (AvgIpc) is 3.51. The molecule has 4 rings (SSSR count). The molecule has 1 aliphatic carbocycles. The molecule has 33 heavy (non-hydrogen) atoms. The molecule has 3 N–H and O–H groups in total. The fraction of sp³-hybridized carbons (Fsp3) is 0.360. The topological polar surface area (TPSA) is 99.9 Å². The second kappa shape index (κ2) is 9.89. The lowest BCUT2D eigenvalue weighted by molar-refractivity contribution is 0.587. The highest BCUT2D eigenvalue weighted by Gasteiger charge is 2.18. The molecule has 0 aliphatic heterocycles. The van der Waals surface area contributed by atoms with Crippen molar-refractivity contribution in [2.75, 3.05) is 12.4 Å². The normalized spacial score (nSPS) is 14.5. The molecule has 1 heterocycles. The molecule has 0 unspecified atom stereocenters. The molecule has 0 radical (unpaired) electrons. The van der Waals surface area contributed by atoms with Gasteiger partial charge < -0.3 is 10.7 Å². The molecule has 8 heteroatoms. The molecular weight excluding hydrogens is 434 g/mol. The van der Waals surface area contributed by atoms with E-state index in [-0.39, 0.29) is 5.75 Å². The first kappa shape index (κ1) is 23.2. The van der Waals surface area contributed by atoms with Crippen molar-refractivity contribution in [2.24, 2.45) is 0 Å². The number of nitrogens with zero attached hydrogens (tertiary/aromatic N) is 2. The Kier molecular flexibility index (Phi) is 6.95. The van der Waals surface area contributed by atoms with Gasteiger partial charge in [0.2, 0.25) is 10.0 Å². The van der Waals surface area contributed by atoms with E-state index in [0.29, 0.717) is 23.7 Å². The highest BCUT2D eigenvalue weighted by molar-refractivity contribution is 7.88. The monoisotopic (exact) mass is 465 g/mol. The van der Waals surface area contributed by atoms with Crippen molar-refractivity contribution in [1.29, 1.82) is 5.41 Å². The van der Waals surface area contributed by atoms with Crippen molar-refractivity contribution in [3.63, 3.8) is 0 Å². The smallest absolute Gasteiger partial charge is 0.215 e. The fourth-order valence-electron chi connectivity index (χ4n) is 4.32. The number of rotatable bonds is 9. The maximum Gasteiger partial charge on any atom is 0.215 e. The van der Waals surface area contributed by atoms with E-state index in [2.05, 4.69) is 21.2 Å². The minimum atomic E-state index is -3.32. The summed E-state index contributed by atoms with van der Waals surface area (Å²) >= 11 is 0. The van der Waals surface area contributed by atoms with Crippen LogP contribution in [0.4, 0.5) is 5.69 Å². The minimum absolute atomic E-state index is 0.0587. The lowest BCUT2D eigenvalue weighted by atomic mass is 10.0. The zero-order valence-electron chi connectivity index (χ0n) is 19.1. The van der Waals surface area contributed by atoms with E-state index in [4.69, 9.17) is 5.41 Å². The number of sulfonamides is 1. The van der Waals surface area contributed by atoms with E-state index in [9.17, 15) is 8.42 Å². The van der Waals surface area contributed by atoms with E-state index in [0.717, 1.165) is 41.0 Å². The third-order valence-corrected chi connectivity index (χ3v) is 7.54. The molecule has 3 aromatic rings. The van der Waals surface area contributed by atoms with Crippen LogP contribution >= 0.6 is 0 Å². The van der Waals surface area contributed by atoms with Gasteiger partial charge in [-0.1, -0.05) is 44.0 Å². The Balaban J connectivity index is 1.65. The number of hydrogen-bond donors (Lipinski definition) is 3. The molecule has 0 spiro atoms. The molecule has 174 valence electrons. The van der Waals surface area contributed by atoms with Gasteiger partial charge in [-0.2, -0.15) is 5.10 Å². The van der Waals surface area contributed by atoms with Crippen LogP contribution < -0.4 is 10.0 Å². The van der Waals surface area contributed by atoms with Gasteiger partial charge in [0.05, 0.1) is 23.3 Å². The van der Waals surface area contributed by atoms with Crippen LogP contribution in [0.5, 0.6) is 0 Å². The molecule has 1 aliphatic rings. The van der Waals surface area contributed by atoms with E-state index in [1.807, 2.05) is 54.1 Å². The van der Waals surface area contributed by atoms with Gasteiger partial charge in [-0.15, -0.1) is 0 Å². The van der Waals surface area contributed by atoms with Crippen LogP contribution in [0.2, 0.25) is 0 Å². The Morgan fingerprint density at radius 2 is 1.85 bits per heavy atom. The first-order valence-electron chi connectivity index (χ1n) is 11.4. The Labute approximate surface area is 195 Å². The lowest BCUT2D eigenvalue weighted by Gasteiger charge is -2.19. The van der Waals surface area contributed by atoms with Gasteiger partial charge in [0.25, 0.3) is 0 Å². The summed E-state index contributed by atoms with van der Waals surface area (Å²) in [5.41, 5.74) is 6.12. The molecule has 2 aromatic carbocycles. The number of nitrogens with one attached hydrogen (secondary N) is 3. The molecule has 0 bridgehead atoms. The molecular formula is C25H31N5O2S. The van der Waals surface area contributed by atoms with Crippen LogP contribution in [0.1, 0.15) is 50.2 Å². The quantitative estimate of drug-likeness (QED) is 0.398. The molecule has 1 fully saturated rings. The number of benzene rings is 2. The zero-order valence-corrected chi connectivity index (χ0v) is 20.0. The van der Waals surface area contributed by atoms with Crippen molar-refractivity contribution >= 4 is 21.4 Å². The molecule has 0 amide bonds. The molecule has 0 atom stereocenters. The van der Waals surface area contributed by atoms with Crippen molar-refractivity contribution in [1.82, 2.24) is 14.5 Å². The van der Waals surface area contributed by atoms with Gasteiger partial charge in [-0.3, -0.25) is 0 Å². The van der Waals surface area contributed by atoms with Crippen molar-refractivity contribution in [3.05, 3.63) is 65.9 Å². The molecule has 7 nitrogen and oxygen atoms in total. The Morgan fingerprint density at radius 1 is 1.12 bits per heavy atom. The summed E-state index contributed by atoms with van der Waals surface area (Å²) < 4.78 is 27.8. The van der Waals surface area contributed by atoms with Crippen LogP contribution in [0.3, 0.4) is 0 Å². The van der Waals surface area contributed by atoms with E-state index in [1.165, 1.54) is 19.9 Å². The Hall–Kier alpha value is -2.97. The van der Waals surface area contributed by atoms with Gasteiger partial charge >= 0.3 is 0 Å². The van der Waals surface area contributed by atoms with Crippen molar-refractivity contribution in [3.8, 4) is 16.9 Å². The van der Waals surface area contributed by atoms with Crippen molar-refractivity contribution in [2.45, 2.75) is 50.8 Å². The zero-order chi connectivity index (χ0) is 23.4. The second-order valence-corrected chi connectivity index (χ2v) is 10.4. The first-order chi connectivity index (χ1) is 15.9. The van der Waals surface area contributed by atoms with Crippen LogP contribution in [0.25, 0.3) is 16.9 Å². The van der Waals surface area contributed by atoms with Gasteiger partial charge in [-0.05, 0) is 56.1 Å². The van der Waals surface area contributed by atoms with Gasteiger partial charge in [-0.25, -0.2) is 17.8 Å². The van der Waals surface area contributed by atoms with Crippen LogP contribution in [-0.4, -0.2) is 37.0 Å². The Morgan fingerprint density at radius 3 is 2.52 bits per heavy atom. The van der Waals surface area contributed by atoms with Gasteiger partial charge in [0.1, 0.15) is 0 Å². The molecule has 1 saturated carbocycles. The van der Waals surface area contributed by atoms with Crippen molar-refractivity contribution < 1.29 is 8.42 Å². The van der Waals surface area contributed by atoms with Crippen LogP contribution in [0, 0.1) is 5.41 Å². The van der Waals surface area contributed by atoms with Gasteiger partial charge in [0, 0.05) is 28.6 Å². The summed E-state index contributed by atoms with van der Waals surface area (Å²) in [7, 11) is -1.90. The van der Waals surface area contributed by atoms with Crippen LogP contribution in [0.15, 0.2) is 54.7 Å². The SMILES string of the molecule is CCC(=N)c1ccc(-c2ccnn2-c2ccc(CS(=O)(=O)NC)cc2)cc1NC1CCCC1. The fourth-order valence-corrected chi connectivity index (χ4v) is 5.09. The molecule has 0 saturated heterocycles. The lowest BCUT2D eigenvalue weighted by Crippen LogP contribution is -2.20. The summed E-state index contributed by atoms with van der Waals surface area (Å²) in [6, 6.07) is 16.0. The minimum Gasteiger partial charge on any atom is -0.382 e. The third kappa shape index (κ3) is 5.34. The number of anilines is 1. The van der Waals surface area contributed by atoms with E-state index < -0.39 is 10.0 Å². The predicted octanol–water partition coefficient (Wildman–Crippen LogP) is 4.72. The highest BCUT2D eigenvalue weighted by Crippen LogP contribution is 2.31. The third-order valence-electron chi connectivity index (χ3n) is 6.20. The Bertz CT molecular complexity index is 1230. The van der Waals surface area contributed by atoms with Gasteiger partial charge in [0.15, 0.2) is 0 Å². The largest absolute Gasteiger partial charge is 0.382 e.